The van der Waals surface area contributed by atoms with Crippen molar-refractivity contribution in [3.8, 4) is 0 Å². The van der Waals surface area contributed by atoms with Crippen LogP contribution in [0.4, 0.5) is 5.69 Å². The molecule has 2 rings (SSSR count). The molecule has 1 atom stereocenters. The third kappa shape index (κ3) is 2.05. The number of hydrogen-bond donors (Lipinski definition) is 1. The van der Waals surface area contributed by atoms with Gasteiger partial charge in [-0.1, -0.05) is 0 Å². The quantitative estimate of drug-likeness (QED) is 0.768. The molecule has 5 nitrogen and oxygen atoms in total. The molecule has 0 amide bonds. The molecule has 0 saturated carbocycles. The standard InChI is InChI=1S/C9H15N3O2/c1-7-9(10)4-12(11-7)6-14-8-2-3-13-5-8/h4,8H,2-3,5-6,10H2,1H3. The van der Waals surface area contributed by atoms with Crippen molar-refractivity contribution in [3.63, 3.8) is 0 Å². The third-order valence-electron chi connectivity index (χ3n) is 2.31. The monoisotopic (exact) mass is 197 g/mol. The first-order chi connectivity index (χ1) is 6.75. The lowest BCUT2D eigenvalue weighted by atomic mass is 10.3. The molecule has 1 fully saturated rings. The second kappa shape index (κ2) is 3.98. The predicted molar refractivity (Wildman–Crippen MR) is 51.7 cm³/mol. The molecule has 0 aromatic carbocycles. The van der Waals surface area contributed by atoms with Gasteiger partial charge in [-0.25, -0.2) is 4.68 Å². The zero-order valence-corrected chi connectivity index (χ0v) is 8.27. The van der Waals surface area contributed by atoms with Gasteiger partial charge in [0.2, 0.25) is 0 Å². The Morgan fingerprint density at radius 3 is 3.21 bits per heavy atom. The molecule has 14 heavy (non-hydrogen) atoms. The number of nitrogens with two attached hydrogens (primary N) is 1. The number of nitrogens with zero attached hydrogens (tertiary/aromatic N) is 2. The molecule has 1 unspecified atom stereocenters. The van der Waals surface area contributed by atoms with Crippen molar-refractivity contribution in [3.05, 3.63) is 11.9 Å². The smallest absolute Gasteiger partial charge is 0.139 e. The van der Waals surface area contributed by atoms with Gasteiger partial charge in [0, 0.05) is 6.61 Å². The van der Waals surface area contributed by atoms with Crippen LogP contribution in [0.2, 0.25) is 0 Å². The summed E-state index contributed by atoms with van der Waals surface area (Å²) >= 11 is 0. The summed E-state index contributed by atoms with van der Waals surface area (Å²) in [5, 5.41) is 4.20. The maximum Gasteiger partial charge on any atom is 0.139 e. The van der Waals surface area contributed by atoms with E-state index in [1.165, 1.54) is 0 Å². The van der Waals surface area contributed by atoms with E-state index < -0.39 is 0 Å². The summed E-state index contributed by atoms with van der Waals surface area (Å²) in [6.45, 7) is 3.82. The van der Waals surface area contributed by atoms with Gasteiger partial charge >= 0.3 is 0 Å². The van der Waals surface area contributed by atoms with Crippen molar-refractivity contribution in [2.75, 3.05) is 18.9 Å². The van der Waals surface area contributed by atoms with Crippen LogP contribution in [0.25, 0.3) is 0 Å². The van der Waals surface area contributed by atoms with E-state index in [0.717, 1.165) is 18.7 Å². The van der Waals surface area contributed by atoms with Crippen molar-refractivity contribution in [2.24, 2.45) is 0 Å². The first-order valence-electron chi connectivity index (χ1n) is 4.74. The van der Waals surface area contributed by atoms with Crippen LogP contribution in [0.15, 0.2) is 6.20 Å². The van der Waals surface area contributed by atoms with Gasteiger partial charge in [-0.2, -0.15) is 5.10 Å². The van der Waals surface area contributed by atoms with Gasteiger partial charge in [0.1, 0.15) is 6.73 Å². The van der Waals surface area contributed by atoms with Crippen LogP contribution in [0.5, 0.6) is 0 Å². The fraction of sp³-hybridized carbons (Fsp3) is 0.667. The minimum absolute atomic E-state index is 0.209. The molecular weight excluding hydrogens is 182 g/mol. The number of rotatable bonds is 3. The van der Waals surface area contributed by atoms with Crippen molar-refractivity contribution >= 4 is 5.69 Å². The average Bonchev–Trinajstić information content (AvgIpc) is 2.74. The lowest BCUT2D eigenvalue weighted by Gasteiger charge is -2.08. The molecule has 1 saturated heterocycles. The summed E-state index contributed by atoms with van der Waals surface area (Å²) in [5.74, 6) is 0. The summed E-state index contributed by atoms with van der Waals surface area (Å²) in [6, 6.07) is 0. The highest BCUT2D eigenvalue weighted by atomic mass is 16.5. The summed E-state index contributed by atoms with van der Waals surface area (Å²) in [7, 11) is 0. The van der Waals surface area contributed by atoms with E-state index in [0.29, 0.717) is 19.0 Å². The van der Waals surface area contributed by atoms with E-state index in [4.69, 9.17) is 15.2 Å². The van der Waals surface area contributed by atoms with Gasteiger partial charge in [-0.05, 0) is 13.3 Å². The van der Waals surface area contributed by atoms with Crippen LogP contribution in [0.1, 0.15) is 12.1 Å². The number of hydrogen-bond acceptors (Lipinski definition) is 4. The van der Waals surface area contributed by atoms with E-state index in [9.17, 15) is 0 Å². The second-order valence-corrected chi connectivity index (χ2v) is 3.49. The van der Waals surface area contributed by atoms with E-state index in [1.54, 1.807) is 10.9 Å². The number of anilines is 1. The van der Waals surface area contributed by atoms with E-state index in [-0.39, 0.29) is 6.10 Å². The Hall–Kier alpha value is -1.07. The molecule has 1 aromatic rings. The summed E-state index contributed by atoms with van der Waals surface area (Å²) in [4.78, 5) is 0. The normalized spacial score (nSPS) is 21.6. The predicted octanol–water partition coefficient (Wildman–Crippen LogP) is 0.537. The zero-order chi connectivity index (χ0) is 9.97. The Labute approximate surface area is 82.8 Å². The summed E-state index contributed by atoms with van der Waals surface area (Å²) in [5.41, 5.74) is 7.21. The van der Waals surface area contributed by atoms with Gasteiger partial charge in [-0.3, -0.25) is 0 Å². The lowest BCUT2D eigenvalue weighted by molar-refractivity contribution is -0.00346. The largest absolute Gasteiger partial charge is 0.396 e. The molecule has 1 aliphatic heterocycles. The van der Waals surface area contributed by atoms with Crippen molar-refractivity contribution in [1.29, 1.82) is 0 Å². The Kier molecular flexibility index (Phi) is 2.69. The average molecular weight is 197 g/mol. The molecule has 1 aliphatic rings. The Bertz CT molecular complexity index is 286. The Balaban J connectivity index is 1.85. The minimum Gasteiger partial charge on any atom is -0.396 e. The topological polar surface area (TPSA) is 62.3 Å². The van der Waals surface area contributed by atoms with Crippen molar-refractivity contribution < 1.29 is 9.47 Å². The third-order valence-corrected chi connectivity index (χ3v) is 2.31. The van der Waals surface area contributed by atoms with Gasteiger partial charge < -0.3 is 15.2 Å². The minimum atomic E-state index is 0.209. The van der Waals surface area contributed by atoms with Crippen LogP contribution in [-0.4, -0.2) is 29.1 Å². The van der Waals surface area contributed by atoms with Crippen LogP contribution in [0.3, 0.4) is 0 Å². The molecule has 0 spiro atoms. The Morgan fingerprint density at radius 2 is 2.64 bits per heavy atom. The van der Waals surface area contributed by atoms with Gasteiger partial charge in [-0.15, -0.1) is 0 Å². The highest BCUT2D eigenvalue weighted by molar-refractivity contribution is 5.39. The van der Waals surface area contributed by atoms with E-state index >= 15 is 0 Å². The lowest BCUT2D eigenvalue weighted by Crippen LogP contribution is -2.15. The fourth-order valence-corrected chi connectivity index (χ4v) is 1.43. The SMILES string of the molecule is Cc1nn(COC2CCOC2)cc1N. The summed E-state index contributed by atoms with van der Waals surface area (Å²) < 4.78 is 12.5. The van der Waals surface area contributed by atoms with Gasteiger partial charge in [0.25, 0.3) is 0 Å². The number of nitrogen functional groups attached to an aromatic ring is 1. The molecule has 78 valence electrons. The first kappa shape index (κ1) is 9.48. The van der Waals surface area contributed by atoms with Gasteiger partial charge in [0.15, 0.2) is 0 Å². The van der Waals surface area contributed by atoms with Crippen molar-refractivity contribution in [1.82, 2.24) is 9.78 Å². The van der Waals surface area contributed by atoms with E-state index in [2.05, 4.69) is 5.10 Å². The Morgan fingerprint density at radius 1 is 1.79 bits per heavy atom. The zero-order valence-electron chi connectivity index (χ0n) is 8.27. The highest BCUT2D eigenvalue weighted by Crippen LogP contribution is 2.10. The molecule has 0 aliphatic carbocycles. The molecule has 1 aromatic heterocycles. The molecule has 5 heteroatoms. The summed E-state index contributed by atoms with van der Waals surface area (Å²) in [6.07, 6.45) is 2.96. The van der Waals surface area contributed by atoms with Crippen LogP contribution in [-0.2, 0) is 16.2 Å². The van der Waals surface area contributed by atoms with Crippen LogP contribution < -0.4 is 5.73 Å². The molecule has 2 heterocycles. The van der Waals surface area contributed by atoms with Crippen LogP contribution in [0, 0.1) is 6.92 Å². The van der Waals surface area contributed by atoms with Gasteiger partial charge in [0.05, 0.1) is 30.3 Å². The first-order valence-corrected chi connectivity index (χ1v) is 4.74. The maximum atomic E-state index is 5.66. The molecule has 0 radical (unpaired) electrons. The number of ether oxygens (including phenoxy) is 2. The molecular formula is C9H15N3O2. The number of aromatic nitrogens is 2. The maximum absolute atomic E-state index is 5.66. The van der Waals surface area contributed by atoms with Crippen LogP contribution >= 0.6 is 0 Å². The molecule has 2 N–H and O–H groups in total. The fourth-order valence-electron chi connectivity index (χ4n) is 1.43. The van der Waals surface area contributed by atoms with Crippen molar-refractivity contribution in [2.45, 2.75) is 26.2 Å². The molecule has 0 bridgehead atoms. The number of aryl methyl sites for hydroxylation is 1. The highest BCUT2D eigenvalue weighted by Gasteiger charge is 2.16. The second-order valence-electron chi connectivity index (χ2n) is 3.49. The van der Waals surface area contributed by atoms with E-state index in [1.807, 2.05) is 6.92 Å².